The summed E-state index contributed by atoms with van der Waals surface area (Å²) in [6, 6.07) is 0. The average Bonchev–Trinajstić information content (AvgIpc) is 3.02. The zero-order valence-electron chi connectivity index (χ0n) is 27.8. The summed E-state index contributed by atoms with van der Waals surface area (Å²) in [5.74, 6) is -0.698. The second kappa shape index (κ2) is 33.2. The third-order valence-electron chi connectivity index (χ3n) is 6.80. The third-order valence-corrected chi connectivity index (χ3v) is 6.80. The lowest BCUT2D eigenvalue weighted by atomic mass is 10.1. The van der Waals surface area contributed by atoms with E-state index in [-0.39, 0.29) is 31.6 Å². The van der Waals surface area contributed by atoms with Crippen LogP contribution in [0.5, 0.6) is 0 Å². The summed E-state index contributed by atoms with van der Waals surface area (Å²) in [4.78, 5) is 23.7. The highest BCUT2D eigenvalue weighted by Crippen LogP contribution is 2.11. The molecule has 0 aliphatic rings. The molecule has 0 heterocycles. The Morgan fingerprint density at radius 2 is 1.11 bits per heavy atom. The van der Waals surface area contributed by atoms with Crippen molar-refractivity contribution in [1.82, 2.24) is 0 Å². The fourth-order valence-electron chi connectivity index (χ4n) is 4.19. The Morgan fingerprint density at radius 3 is 1.75 bits per heavy atom. The number of carbonyl (C=O) groups is 2. The van der Waals surface area contributed by atoms with Crippen molar-refractivity contribution in [3.63, 3.8) is 0 Å². The monoisotopic (exact) mass is 614 g/mol. The van der Waals surface area contributed by atoms with Crippen molar-refractivity contribution in [1.29, 1.82) is 0 Å². The highest BCUT2D eigenvalue weighted by molar-refractivity contribution is 5.70. The molecule has 1 unspecified atom stereocenters. The number of unbranched alkanes of at least 4 members (excludes halogenated alkanes) is 9. The van der Waals surface area contributed by atoms with Crippen LogP contribution in [-0.2, 0) is 19.1 Å². The summed E-state index contributed by atoms with van der Waals surface area (Å²) in [6.45, 7) is 4.01. The number of hydrogen-bond donors (Lipinski definition) is 2. The molecule has 0 rings (SSSR count). The van der Waals surface area contributed by atoms with Crippen molar-refractivity contribution in [3.8, 4) is 0 Å². The molecule has 6 heteroatoms. The number of rotatable bonds is 29. The van der Waals surface area contributed by atoms with Gasteiger partial charge in [0, 0.05) is 12.8 Å². The van der Waals surface area contributed by atoms with Gasteiger partial charge in [0.2, 0.25) is 0 Å². The molecule has 250 valence electrons. The quantitative estimate of drug-likeness (QED) is 0.0378. The second-order valence-corrected chi connectivity index (χ2v) is 11.1. The SMILES string of the molecule is CC/C=C\C/C=C\CC(O)/C=C/C=C\C/C=C\C/C=C\CCC(=O)OC[C@H](O)COC(=O)CCCCCCCCCCCC. The smallest absolute Gasteiger partial charge is 0.306 e. The Morgan fingerprint density at radius 1 is 0.591 bits per heavy atom. The number of hydrogen-bond acceptors (Lipinski definition) is 6. The summed E-state index contributed by atoms with van der Waals surface area (Å²) < 4.78 is 10.2. The molecular formula is C38H62O6. The molecular weight excluding hydrogens is 552 g/mol. The summed E-state index contributed by atoms with van der Waals surface area (Å²) in [5.41, 5.74) is 0. The molecule has 0 aromatic heterocycles. The van der Waals surface area contributed by atoms with Gasteiger partial charge in [-0.15, -0.1) is 0 Å². The van der Waals surface area contributed by atoms with E-state index >= 15 is 0 Å². The maximum atomic E-state index is 11.9. The van der Waals surface area contributed by atoms with E-state index in [1.165, 1.54) is 44.9 Å². The van der Waals surface area contributed by atoms with Crippen LogP contribution in [0, 0.1) is 0 Å². The van der Waals surface area contributed by atoms with Gasteiger partial charge in [0.15, 0.2) is 0 Å². The summed E-state index contributed by atoms with van der Waals surface area (Å²) >= 11 is 0. The normalized spacial score (nSPS) is 13.8. The molecule has 0 spiro atoms. The Labute approximate surface area is 268 Å². The number of allylic oxidation sites excluding steroid dienone is 10. The zero-order valence-corrected chi connectivity index (χ0v) is 27.8. The fourth-order valence-corrected chi connectivity index (χ4v) is 4.19. The largest absolute Gasteiger partial charge is 0.463 e. The summed E-state index contributed by atoms with van der Waals surface area (Å²) in [6.07, 6.45) is 39.9. The number of aliphatic hydroxyl groups excluding tert-OH is 2. The predicted octanol–water partition coefficient (Wildman–Crippen LogP) is 9.19. The van der Waals surface area contributed by atoms with E-state index in [0.29, 0.717) is 19.3 Å². The molecule has 0 aliphatic carbocycles. The first-order valence-corrected chi connectivity index (χ1v) is 17.1. The Balaban J connectivity index is 3.71. The van der Waals surface area contributed by atoms with E-state index in [9.17, 15) is 19.8 Å². The lowest BCUT2D eigenvalue weighted by Crippen LogP contribution is -2.25. The minimum absolute atomic E-state index is 0.154. The van der Waals surface area contributed by atoms with Crippen molar-refractivity contribution < 1.29 is 29.3 Å². The van der Waals surface area contributed by atoms with Crippen LogP contribution in [0.15, 0.2) is 72.9 Å². The highest BCUT2D eigenvalue weighted by atomic mass is 16.6. The number of ether oxygens (including phenoxy) is 2. The Hall–Kier alpha value is -2.70. The lowest BCUT2D eigenvalue weighted by molar-refractivity contribution is -0.152. The van der Waals surface area contributed by atoms with E-state index < -0.39 is 12.2 Å². The van der Waals surface area contributed by atoms with E-state index in [4.69, 9.17) is 9.47 Å². The van der Waals surface area contributed by atoms with Crippen molar-refractivity contribution in [2.45, 2.75) is 142 Å². The van der Waals surface area contributed by atoms with Crippen LogP contribution in [0.4, 0.5) is 0 Å². The van der Waals surface area contributed by atoms with Gasteiger partial charge in [0.05, 0.1) is 6.10 Å². The van der Waals surface area contributed by atoms with Crippen LogP contribution >= 0.6 is 0 Å². The van der Waals surface area contributed by atoms with Crippen LogP contribution in [0.3, 0.4) is 0 Å². The standard InChI is InChI=1S/C38H62O6/c1-3-5-7-9-11-12-16-19-23-27-31-37(41)43-33-36(40)34-44-38(42)32-28-24-20-17-14-13-15-18-22-26-30-35(39)29-25-21-10-8-6-4-2/h6,8,13-14,18,20-22,24-26,30,35-36,39-40H,3-5,7,9-12,15-17,19,23,27-29,31-34H2,1-2H3/b8-6-,14-13-,22-18-,24-20-,25-21-,30-26+/t35?,36-/m1/s1. The molecule has 6 nitrogen and oxygen atoms in total. The first-order valence-electron chi connectivity index (χ1n) is 17.1. The molecule has 0 aromatic carbocycles. The number of carbonyl (C=O) groups excluding carboxylic acids is 2. The fraction of sp³-hybridized carbons (Fsp3) is 0.632. The van der Waals surface area contributed by atoms with Crippen LogP contribution in [-0.4, -0.2) is 47.6 Å². The van der Waals surface area contributed by atoms with Gasteiger partial charge in [-0.2, -0.15) is 0 Å². The molecule has 0 saturated carbocycles. The van der Waals surface area contributed by atoms with Gasteiger partial charge >= 0.3 is 11.9 Å². The Kier molecular flexibility index (Phi) is 31.2. The van der Waals surface area contributed by atoms with Crippen LogP contribution < -0.4 is 0 Å². The minimum atomic E-state index is -1.01. The van der Waals surface area contributed by atoms with Crippen molar-refractivity contribution in [3.05, 3.63) is 72.9 Å². The zero-order chi connectivity index (χ0) is 32.4. The van der Waals surface area contributed by atoms with Crippen LogP contribution in [0.2, 0.25) is 0 Å². The van der Waals surface area contributed by atoms with Crippen molar-refractivity contribution in [2.24, 2.45) is 0 Å². The van der Waals surface area contributed by atoms with Crippen LogP contribution in [0.1, 0.15) is 129 Å². The van der Waals surface area contributed by atoms with Gasteiger partial charge in [0.25, 0.3) is 0 Å². The van der Waals surface area contributed by atoms with Crippen molar-refractivity contribution >= 4 is 11.9 Å². The molecule has 0 aliphatic heterocycles. The molecule has 2 N–H and O–H groups in total. The third kappa shape index (κ3) is 32.2. The van der Waals surface area contributed by atoms with Gasteiger partial charge in [-0.3, -0.25) is 9.59 Å². The average molecular weight is 615 g/mol. The molecule has 0 fully saturated rings. The topological polar surface area (TPSA) is 93.1 Å². The molecule has 0 radical (unpaired) electrons. The summed E-state index contributed by atoms with van der Waals surface area (Å²) in [7, 11) is 0. The number of aliphatic hydroxyl groups is 2. The molecule has 0 saturated heterocycles. The van der Waals surface area contributed by atoms with Gasteiger partial charge < -0.3 is 19.7 Å². The van der Waals surface area contributed by atoms with E-state index in [1.54, 1.807) is 6.08 Å². The van der Waals surface area contributed by atoms with Gasteiger partial charge in [-0.25, -0.2) is 0 Å². The van der Waals surface area contributed by atoms with Gasteiger partial charge in [0.1, 0.15) is 19.3 Å². The highest BCUT2D eigenvalue weighted by Gasteiger charge is 2.11. The molecule has 2 atom stereocenters. The van der Waals surface area contributed by atoms with Gasteiger partial charge in [-0.05, 0) is 44.9 Å². The molecule has 0 aromatic rings. The minimum Gasteiger partial charge on any atom is -0.463 e. The Bertz CT molecular complexity index is 851. The second-order valence-electron chi connectivity index (χ2n) is 11.1. The van der Waals surface area contributed by atoms with E-state index in [0.717, 1.165) is 44.9 Å². The number of esters is 2. The first-order chi connectivity index (χ1) is 21.5. The lowest BCUT2D eigenvalue weighted by Gasteiger charge is -2.12. The first kappa shape index (κ1) is 41.3. The van der Waals surface area contributed by atoms with E-state index in [2.05, 4.69) is 44.2 Å². The summed E-state index contributed by atoms with van der Waals surface area (Å²) in [5, 5.41) is 19.9. The molecule has 0 bridgehead atoms. The maximum Gasteiger partial charge on any atom is 0.306 e. The van der Waals surface area contributed by atoms with Crippen molar-refractivity contribution in [2.75, 3.05) is 13.2 Å². The maximum absolute atomic E-state index is 11.9. The molecule has 44 heavy (non-hydrogen) atoms. The van der Waals surface area contributed by atoms with E-state index in [1.807, 2.05) is 36.5 Å². The van der Waals surface area contributed by atoms with Gasteiger partial charge in [-0.1, -0.05) is 145 Å². The molecule has 0 amide bonds. The van der Waals surface area contributed by atoms with Crippen LogP contribution in [0.25, 0.3) is 0 Å². The predicted molar refractivity (Wildman–Crippen MR) is 183 cm³/mol.